The van der Waals surface area contributed by atoms with Crippen LogP contribution < -0.4 is 45.2 Å². The number of anilines is 3. The summed E-state index contributed by atoms with van der Waals surface area (Å²) < 4.78 is 199. The molecule has 0 aliphatic carbocycles. The van der Waals surface area contributed by atoms with Crippen molar-refractivity contribution in [2.75, 3.05) is 126 Å². The number of alkyl halides is 8. The Labute approximate surface area is 722 Å². The summed E-state index contributed by atoms with van der Waals surface area (Å²) >= 11 is 5.93. The van der Waals surface area contributed by atoms with E-state index in [2.05, 4.69) is 76.4 Å². The number of ether oxygens (including phenoxy) is 2. The molecule has 4 aromatic carbocycles. The van der Waals surface area contributed by atoms with Crippen LogP contribution in [0.3, 0.4) is 0 Å². The lowest BCUT2D eigenvalue weighted by molar-refractivity contribution is -0.457. The summed E-state index contributed by atoms with van der Waals surface area (Å²) in [6, 6.07) is 16.2. The summed E-state index contributed by atoms with van der Waals surface area (Å²) in [5, 5.41) is 16.6. The van der Waals surface area contributed by atoms with E-state index < -0.39 is 104 Å². The van der Waals surface area contributed by atoms with Gasteiger partial charge in [0.05, 0.1) is 81.1 Å². The van der Waals surface area contributed by atoms with Gasteiger partial charge in [-0.2, -0.15) is 33.9 Å². The second-order valence-corrected chi connectivity index (χ2v) is 36.5. The molecule has 9 heterocycles. The Balaban J connectivity index is 0.000000234. The highest BCUT2D eigenvalue weighted by atomic mass is 35.5. The van der Waals surface area contributed by atoms with E-state index >= 15 is 0 Å². The highest BCUT2D eigenvalue weighted by molar-refractivity contribution is 7.88. The normalized spacial score (nSPS) is 17.5. The highest BCUT2D eigenvalue weighted by Crippen LogP contribution is 2.35. The Bertz CT molecular complexity index is 5450. The number of nitrogens with one attached hydrogen (secondary N) is 5. The van der Waals surface area contributed by atoms with Gasteiger partial charge in [-0.1, -0.05) is 36.2 Å². The number of amides is 2. The number of hydrogen-bond donors (Lipinski definition) is 6. The third-order valence-corrected chi connectivity index (χ3v) is 22.7. The van der Waals surface area contributed by atoms with Crippen LogP contribution >= 0.6 is 36.4 Å². The first-order valence-electron chi connectivity index (χ1n) is 37.6. The van der Waals surface area contributed by atoms with Gasteiger partial charge in [0, 0.05) is 73.9 Å². The fourth-order valence-electron chi connectivity index (χ4n) is 12.3. The first-order chi connectivity index (χ1) is 55.6. The van der Waals surface area contributed by atoms with Crippen LogP contribution in [-0.2, 0) is 40.1 Å². The van der Waals surface area contributed by atoms with Crippen LogP contribution in [0.25, 0.3) is 43.6 Å². The predicted octanol–water partition coefficient (Wildman–Crippen LogP) is 10.8. The van der Waals surface area contributed by atoms with Crippen LogP contribution in [0.4, 0.5) is 62.2 Å². The molecule has 0 radical (unpaired) electrons. The zero-order valence-corrected chi connectivity index (χ0v) is 74.9. The lowest BCUT2D eigenvalue weighted by atomic mass is 10.1. The number of aromatic nitrogens is 8. The molecule has 0 unspecified atom stereocenters. The van der Waals surface area contributed by atoms with Crippen molar-refractivity contribution < 1.29 is 84.0 Å². The first kappa shape index (κ1) is 102. The SMILES string of the molecule is C=[N+](C)[C-]1C=CN(S(=O)(=O)NC(=O)OC(C)(C)C)C=C1.Cc1cc2ncnc(Cl)c2cc1C.Cc1cc2ncnc(N3CCN(S(=O)(=O)NC(=O)OC(C)(C)C)CC(F)(F)C3)c2cc1C.Cc1cc2ncnc(N3CCN(S(N)(=O)=O)CC(F)(F)C3)c2cc1C.Cc1cc2ncnc(N3CCNCC(F)(F)C3)c2cc1C.Cl.Cl.FC1(F)CNCCNC1. The molecule has 5 aliphatic rings. The fraction of sp³-hybridized carbons (Fsp3) is 0.481. The average molecular weight is 1840 g/mol. The molecule has 4 saturated heterocycles. The van der Waals surface area contributed by atoms with Crippen LogP contribution in [0.15, 0.2) is 98.4 Å². The zero-order chi connectivity index (χ0) is 89.1. The van der Waals surface area contributed by atoms with Gasteiger partial charge in [-0.25, -0.2) is 99.2 Å². The van der Waals surface area contributed by atoms with Gasteiger partial charge in [0.25, 0.3) is 33.9 Å². The Morgan fingerprint density at radius 1 is 0.467 bits per heavy atom. The van der Waals surface area contributed by atoms with Crippen molar-refractivity contribution in [1.29, 1.82) is 0 Å². The molecule has 13 rings (SSSR count). The van der Waals surface area contributed by atoms with E-state index in [0.29, 0.717) is 79.2 Å². The Hall–Kier alpha value is -9.08. The number of likely N-dealkylation sites (N-methyl/N-ethyl adjacent to an activating group) is 1. The number of aryl methyl sites for hydroxylation is 8. The van der Waals surface area contributed by atoms with Crippen LogP contribution in [0, 0.1) is 61.4 Å². The van der Waals surface area contributed by atoms with Gasteiger partial charge >= 0.3 is 32.6 Å². The van der Waals surface area contributed by atoms with Crippen molar-refractivity contribution in [3.8, 4) is 0 Å². The van der Waals surface area contributed by atoms with Crippen LogP contribution in [-0.4, -0.2) is 248 Å². The molecule has 4 aromatic heterocycles. The molecule has 31 nitrogen and oxygen atoms in total. The lowest BCUT2D eigenvalue weighted by Crippen LogP contribution is -2.49. The summed E-state index contributed by atoms with van der Waals surface area (Å²) in [6.45, 7) is 26.6. The average Bonchev–Trinajstić information content (AvgIpc) is 1.32. The molecule has 8 aromatic rings. The summed E-state index contributed by atoms with van der Waals surface area (Å²) in [6.07, 6.45) is 9.04. The Morgan fingerprint density at radius 3 is 1.17 bits per heavy atom. The van der Waals surface area contributed by atoms with Gasteiger partial charge in [0.2, 0.25) is 0 Å². The van der Waals surface area contributed by atoms with E-state index in [1.807, 2.05) is 94.8 Å². The standard InChI is InChI=1S/C20H27F2N5O4S.C15H19F2N5O2S.C15H18F2N4.C12H19N3O4S.C10H9ClN2.C5H10F2N2.2ClH/c1-13-8-15-16(9-14(13)2)23-12-24-17(15)26-6-7-27(11-20(21,22)10-26)32(29,30)25-18(28)31-19(3,4)5;1-10-5-12-13(6-11(10)2)19-9-20-14(12)21-3-4-22(25(18,23)24)8-15(16,17)7-21;1-10-5-12-13(6-11(10)2)19-9-20-14(12)21-4-3-18-7-15(16,17)8-21;1-12(2,3)19-11(16)13-20(17,18)15-8-6-10(7-9-15)14(4)5;1-6-3-8-9(4-7(6)2)12-5-13-10(8)11;6-5(7)3-8-1-2-9-4-5;;/h8-9,12H,6-7,10-11H2,1-5H3,(H,25,28);5-6,9H,3-4,7-8H2,1-2H3,(H2,18,23,24);5-6,9,18H,3-4,7-8H2,1-2H3;6-9H,4H2,1-3,5H3,(H,13,16);3-5H,1-2H3;8-9H,1-4H2;2*1H. The molecule has 45 heteroatoms. The molecule has 2 amide bonds. The smallest absolute Gasteiger partial charge is 0.422 e. The van der Waals surface area contributed by atoms with E-state index in [1.165, 1.54) is 58.6 Å². The van der Waals surface area contributed by atoms with E-state index in [9.17, 15) is 70.0 Å². The highest BCUT2D eigenvalue weighted by Gasteiger charge is 2.44. The summed E-state index contributed by atoms with van der Waals surface area (Å²) in [5.74, 6) is -10.7. The van der Waals surface area contributed by atoms with Crippen molar-refractivity contribution in [2.45, 2.75) is 132 Å². The zero-order valence-electron chi connectivity index (χ0n) is 70.1. The Morgan fingerprint density at radius 2 is 0.787 bits per heavy atom. The minimum Gasteiger partial charge on any atom is -0.443 e. The van der Waals surface area contributed by atoms with Gasteiger partial charge in [-0.05, 0) is 190 Å². The molecular weight excluding hydrogens is 1730 g/mol. The Kier molecular flexibility index (Phi) is 34.7. The minimum atomic E-state index is -4.54. The van der Waals surface area contributed by atoms with Gasteiger partial charge in [0.1, 0.15) is 72.2 Å². The number of carbonyl (C=O) groups is 2. The predicted molar refractivity (Wildman–Crippen MR) is 460 cm³/mol. The number of benzene rings is 4. The number of nitrogens with two attached hydrogens (primary N) is 1. The summed E-state index contributed by atoms with van der Waals surface area (Å²) in [5.41, 5.74) is 9.94. The molecule has 4 fully saturated rings. The van der Waals surface area contributed by atoms with E-state index in [4.69, 9.17) is 26.2 Å². The summed E-state index contributed by atoms with van der Waals surface area (Å²) in [7, 11) is -11.0. The van der Waals surface area contributed by atoms with Crippen LogP contribution in [0.5, 0.6) is 0 Å². The van der Waals surface area contributed by atoms with E-state index in [-0.39, 0.29) is 77.2 Å². The minimum absolute atomic E-state index is 0. The molecule has 0 saturated carbocycles. The maximum atomic E-state index is 14.8. The number of nitrogens with zero attached hydrogens (tertiary/aromatic N) is 15. The molecule has 672 valence electrons. The monoisotopic (exact) mass is 1840 g/mol. The van der Waals surface area contributed by atoms with E-state index in [1.54, 1.807) is 74.9 Å². The van der Waals surface area contributed by atoms with Crippen molar-refractivity contribution >= 4 is 147 Å². The van der Waals surface area contributed by atoms with Crippen molar-refractivity contribution in [3.63, 3.8) is 0 Å². The number of carbonyl (C=O) groups excluding carboxylic acids is 2. The largest absolute Gasteiger partial charge is 0.443 e. The second-order valence-electron chi connectivity index (χ2n) is 31.3. The topological polar surface area (TPSA) is 367 Å². The molecule has 0 spiro atoms. The molecule has 122 heavy (non-hydrogen) atoms. The number of halogens is 11. The van der Waals surface area contributed by atoms with E-state index in [0.717, 1.165) is 65.5 Å². The van der Waals surface area contributed by atoms with Crippen molar-refractivity contribution in [2.24, 2.45) is 5.14 Å². The molecule has 7 N–H and O–H groups in total. The first-order valence-corrected chi connectivity index (χ1v) is 42.4. The fourth-order valence-corrected chi connectivity index (χ4v) is 15.1. The number of fused-ring (bicyclic) bond motifs is 4. The second kappa shape index (κ2) is 41.6. The third kappa shape index (κ3) is 29.6. The van der Waals surface area contributed by atoms with Crippen LogP contribution in [0.1, 0.15) is 86.1 Å². The molecule has 5 aliphatic heterocycles. The maximum Gasteiger partial charge on any atom is 0.422 e. The third-order valence-electron chi connectivity index (χ3n) is 18.7. The van der Waals surface area contributed by atoms with Crippen LogP contribution in [0.2, 0.25) is 5.15 Å². The quantitative estimate of drug-likeness (QED) is 0.0257. The molecule has 0 atom stereocenters. The number of rotatable bonds is 9. The maximum absolute atomic E-state index is 14.8. The lowest BCUT2D eigenvalue weighted by Gasteiger charge is -2.26. The van der Waals surface area contributed by atoms with Crippen molar-refractivity contribution in [1.82, 2.24) is 78.2 Å². The molecular formula is C77H104Cl3F8N21O10S3. The van der Waals surface area contributed by atoms with Gasteiger partial charge in [-0.15, -0.1) is 24.8 Å². The van der Waals surface area contributed by atoms with Gasteiger partial charge in [-0.3, -0.25) is 4.58 Å². The summed E-state index contributed by atoms with van der Waals surface area (Å²) in [4.78, 5) is 61.2. The van der Waals surface area contributed by atoms with Gasteiger partial charge in [0.15, 0.2) is 0 Å². The van der Waals surface area contributed by atoms with Gasteiger partial charge < -0.3 is 44.4 Å². The van der Waals surface area contributed by atoms with Crippen molar-refractivity contribution in [3.05, 3.63) is 154 Å². The number of hydrogen-bond acceptors (Lipinski definition) is 24. The molecule has 0 bridgehead atoms.